The molecule has 1 rings (SSSR count). The minimum atomic E-state index is 0.125. The molecule has 72 valence electrons. The van der Waals surface area contributed by atoms with E-state index in [-0.39, 0.29) is 10.2 Å². The normalized spacial score (nSPS) is 10.0. The molecule has 0 unspecified atom stereocenters. The van der Waals surface area contributed by atoms with E-state index in [4.69, 9.17) is 18.0 Å². The zero-order chi connectivity index (χ0) is 10.4. The number of hydrogen-bond donors (Lipinski definition) is 2. The molecule has 0 spiro atoms. The molecule has 0 saturated carbocycles. The van der Waals surface area contributed by atoms with Gasteiger partial charge < -0.3 is 11.1 Å². The Morgan fingerprint density at radius 2 is 1.93 bits per heavy atom. The highest BCUT2D eigenvalue weighted by Gasteiger charge is 1.91. The number of benzene rings is 1. The Morgan fingerprint density at radius 1 is 1.29 bits per heavy atom. The lowest BCUT2D eigenvalue weighted by Gasteiger charge is -1.98. The third-order valence-electron chi connectivity index (χ3n) is 1.36. The van der Waals surface area contributed by atoms with E-state index in [1.807, 2.05) is 30.3 Å². The molecule has 0 radical (unpaired) electrons. The van der Waals surface area contributed by atoms with Crippen molar-refractivity contribution >= 4 is 40.9 Å². The average molecular weight is 223 g/mol. The van der Waals surface area contributed by atoms with Crippen molar-refractivity contribution in [1.82, 2.24) is 5.32 Å². The predicted molar refractivity (Wildman–Crippen MR) is 66.6 cm³/mol. The molecule has 0 fully saturated rings. The second-order valence-electron chi connectivity index (χ2n) is 2.46. The molecule has 1 aromatic rings. The van der Waals surface area contributed by atoms with Crippen LogP contribution in [0.25, 0.3) is 0 Å². The van der Waals surface area contributed by atoms with Gasteiger partial charge in [-0.05, 0) is 30.0 Å². The molecule has 0 amide bonds. The van der Waals surface area contributed by atoms with Crippen molar-refractivity contribution in [2.24, 2.45) is 10.7 Å². The van der Waals surface area contributed by atoms with E-state index in [9.17, 15) is 0 Å². The van der Waals surface area contributed by atoms with E-state index in [1.54, 1.807) is 6.21 Å². The molecule has 0 aromatic heterocycles. The fraction of sp³-hybridized carbons (Fsp3) is 0. The fourth-order valence-corrected chi connectivity index (χ4v) is 1.13. The maximum Gasteiger partial charge on any atom is 0.198 e. The van der Waals surface area contributed by atoms with Crippen molar-refractivity contribution in [2.45, 2.75) is 0 Å². The van der Waals surface area contributed by atoms with E-state index < -0.39 is 0 Å². The number of aliphatic imine (C=N–C) groups is 1. The van der Waals surface area contributed by atoms with Crippen LogP contribution in [0.5, 0.6) is 0 Å². The van der Waals surface area contributed by atoms with Gasteiger partial charge in [0.05, 0.1) is 0 Å². The van der Waals surface area contributed by atoms with Crippen LogP contribution in [-0.2, 0) is 0 Å². The minimum absolute atomic E-state index is 0.125. The maximum absolute atomic E-state index is 5.22. The van der Waals surface area contributed by atoms with Gasteiger partial charge in [-0.25, -0.2) is 4.99 Å². The Balaban J connectivity index is 2.56. The first kappa shape index (κ1) is 10.7. The number of hydrogen-bond acceptors (Lipinski definition) is 2. The third kappa shape index (κ3) is 4.06. The summed E-state index contributed by atoms with van der Waals surface area (Å²) in [6.45, 7) is 0. The highest BCUT2D eigenvalue weighted by Crippen LogP contribution is 1.93. The Bertz CT molecular complexity index is 360. The highest BCUT2D eigenvalue weighted by atomic mass is 32.1. The summed E-state index contributed by atoms with van der Waals surface area (Å²) in [7, 11) is 0. The summed E-state index contributed by atoms with van der Waals surface area (Å²) in [6, 6.07) is 9.62. The Kier molecular flexibility index (Phi) is 4.15. The summed E-state index contributed by atoms with van der Waals surface area (Å²) in [5.41, 5.74) is 6.19. The quantitative estimate of drug-likeness (QED) is 0.555. The SMILES string of the molecule is NC(=S)NC(=S)/N=C/c1ccccc1. The van der Waals surface area contributed by atoms with Gasteiger partial charge in [0.15, 0.2) is 10.2 Å². The van der Waals surface area contributed by atoms with E-state index >= 15 is 0 Å². The van der Waals surface area contributed by atoms with Crippen molar-refractivity contribution in [2.75, 3.05) is 0 Å². The molecule has 0 saturated heterocycles. The first-order valence-corrected chi connectivity index (χ1v) is 4.69. The lowest BCUT2D eigenvalue weighted by Crippen LogP contribution is -2.32. The first-order valence-electron chi connectivity index (χ1n) is 3.88. The van der Waals surface area contributed by atoms with Crippen molar-refractivity contribution in [1.29, 1.82) is 0 Å². The molecule has 0 atom stereocenters. The summed E-state index contributed by atoms with van der Waals surface area (Å²) in [5, 5.41) is 2.95. The number of nitrogens with zero attached hydrogens (tertiary/aromatic N) is 1. The van der Waals surface area contributed by atoms with Gasteiger partial charge in [0.25, 0.3) is 0 Å². The molecule has 14 heavy (non-hydrogen) atoms. The second kappa shape index (κ2) is 5.41. The van der Waals surface area contributed by atoms with Crippen LogP contribution in [0.4, 0.5) is 0 Å². The largest absolute Gasteiger partial charge is 0.376 e. The average Bonchev–Trinajstić information content (AvgIpc) is 2.15. The van der Waals surface area contributed by atoms with Gasteiger partial charge in [-0.3, -0.25) is 0 Å². The van der Waals surface area contributed by atoms with Crippen LogP contribution in [0.15, 0.2) is 35.3 Å². The lowest BCUT2D eigenvalue weighted by atomic mass is 10.2. The predicted octanol–water partition coefficient (Wildman–Crippen LogP) is 1.22. The van der Waals surface area contributed by atoms with Gasteiger partial charge >= 0.3 is 0 Å². The van der Waals surface area contributed by atoms with E-state index in [1.165, 1.54) is 0 Å². The topological polar surface area (TPSA) is 50.4 Å². The Labute approximate surface area is 93.0 Å². The summed E-state index contributed by atoms with van der Waals surface area (Å²) in [5.74, 6) is 0. The lowest BCUT2D eigenvalue weighted by molar-refractivity contribution is 1.36. The number of thiocarbonyl (C=S) groups is 2. The molecule has 0 heterocycles. The molecule has 3 nitrogen and oxygen atoms in total. The van der Waals surface area contributed by atoms with Gasteiger partial charge in [0, 0.05) is 6.21 Å². The first-order chi connectivity index (χ1) is 6.68. The van der Waals surface area contributed by atoms with Crippen LogP contribution in [0.2, 0.25) is 0 Å². The van der Waals surface area contributed by atoms with Crippen molar-refractivity contribution in [3.63, 3.8) is 0 Å². The molecular formula is C9H9N3S2. The van der Waals surface area contributed by atoms with Crippen LogP contribution in [0, 0.1) is 0 Å². The molecule has 0 aliphatic rings. The zero-order valence-corrected chi connectivity index (χ0v) is 8.94. The third-order valence-corrected chi connectivity index (χ3v) is 1.67. The van der Waals surface area contributed by atoms with E-state index in [0.29, 0.717) is 0 Å². The van der Waals surface area contributed by atoms with Crippen molar-refractivity contribution < 1.29 is 0 Å². The van der Waals surface area contributed by atoms with Gasteiger partial charge in [0.1, 0.15) is 0 Å². The van der Waals surface area contributed by atoms with Crippen LogP contribution in [0.3, 0.4) is 0 Å². The minimum Gasteiger partial charge on any atom is -0.376 e. The van der Waals surface area contributed by atoms with Crippen molar-refractivity contribution in [3.05, 3.63) is 35.9 Å². The van der Waals surface area contributed by atoms with Gasteiger partial charge in [-0.1, -0.05) is 30.3 Å². The smallest absolute Gasteiger partial charge is 0.198 e. The van der Waals surface area contributed by atoms with Crippen molar-refractivity contribution in [3.8, 4) is 0 Å². The second-order valence-corrected chi connectivity index (χ2v) is 3.29. The maximum atomic E-state index is 5.22. The summed E-state index contributed by atoms with van der Waals surface area (Å²) in [6.07, 6.45) is 1.65. The number of nitrogens with two attached hydrogens (primary N) is 1. The van der Waals surface area contributed by atoms with Crippen LogP contribution >= 0.6 is 24.4 Å². The van der Waals surface area contributed by atoms with Crippen LogP contribution < -0.4 is 11.1 Å². The molecule has 1 aromatic carbocycles. The molecular weight excluding hydrogens is 214 g/mol. The molecule has 3 N–H and O–H groups in total. The standard InChI is InChI=1S/C9H9N3S2/c10-8(13)12-9(14)11-6-7-4-2-1-3-5-7/h1-6H,(H3,10,12,13,14)/b11-6+. The molecule has 0 aliphatic heterocycles. The summed E-state index contributed by atoms with van der Waals surface area (Å²) in [4.78, 5) is 3.96. The van der Waals surface area contributed by atoms with Gasteiger partial charge in [0.2, 0.25) is 0 Å². The highest BCUT2D eigenvalue weighted by molar-refractivity contribution is 7.81. The summed E-state index contributed by atoms with van der Waals surface area (Å²) < 4.78 is 0. The Hall–Kier alpha value is -1.33. The molecule has 5 heteroatoms. The number of rotatable bonds is 1. The molecule has 0 aliphatic carbocycles. The fourth-order valence-electron chi connectivity index (χ4n) is 0.810. The van der Waals surface area contributed by atoms with E-state index in [2.05, 4.69) is 22.5 Å². The molecule has 0 bridgehead atoms. The van der Waals surface area contributed by atoms with E-state index in [0.717, 1.165) is 5.56 Å². The van der Waals surface area contributed by atoms with Gasteiger partial charge in [-0.2, -0.15) is 0 Å². The summed E-state index contributed by atoms with van der Waals surface area (Å²) >= 11 is 9.46. The Morgan fingerprint density at radius 3 is 2.50 bits per heavy atom. The van der Waals surface area contributed by atoms with Crippen LogP contribution in [-0.4, -0.2) is 16.4 Å². The van der Waals surface area contributed by atoms with Gasteiger partial charge in [-0.15, -0.1) is 0 Å². The zero-order valence-electron chi connectivity index (χ0n) is 7.31. The van der Waals surface area contributed by atoms with Crippen LogP contribution in [0.1, 0.15) is 5.56 Å². The number of nitrogens with one attached hydrogen (secondary N) is 1. The monoisotopic (exact) mass is 223 g/mol.